The number of aromatic nitrogens is 1. The van der Waals surface area contributed by atoms with Gasteiger partial charge in [0.05, 0.1) is 12.6 Å². The third-order valence-electron chi connectivity index (χ3n) is 3.13. The minimum absolute atomic E-state index is 0.238. The van der Waals surface area contributed by atoms with E-state index in [1.54, 1.807) is 0 Å². The Morgan fingerprint density at radius 1 is 1.42 bits per heavy atom. The first-order valence-corrected chi connectivity index (χ1v) is 7.55. The van der Waals surface area contributed by atoms with Crippen LogP contribution in [0.5, 0.6) is 0 Å². The van der Waals surface area contributed by atoms with Gasteiger partial charge in [-0.2, -0.15) is 0 Å². The number of aliphatic hydroxyl groups excluding tert-OH is 1. The van der Waals surface area contributed by atoms with Crippen LogP contribution in [0.1, 0.15) is 37.4 Å². The Morgan fingerprint density at radius 3 is 2.63 bits per heavy atom. The van der Waals surface area contributed by atoms with Crippen LogP contribution in [-0.4, -0.2) is 28.8 Å². The maximum absolute atomic E-state index is 11.6. The van der Waals surface area contributed by atoms with E-state index in [2.05, 4.69) is 15.6 Å². The van der Waals surface area contributed by atoms with Crippen LogP contribution >= 0.6 is 11.3 Å². The zero-order valence-electron chi connectivity index (χ0n) is 11.8. The van der Waals surface area contributed by atoms with E-state index in [9.17, 15) is 9.90 Å². The zero-order chi connectivity index (χ0) is 14.3. The molecule has 19 heavy (non-hydrogen) atoms. The molecule has 6 heteroatoms. The van der Waals surface area contributed by atoms with Gasteiger partial charge in [-0.05, 0) is 12.8 Å². The maximum atomic E-state index is 11.6. The lowest BCUT2D eigenvalue weighted by Crippen LogP contribution is -2.41. The Labute approximate surface area is 118 Å². The van der Waals surface area contributed by atoms with Gasteiger partial charge in [-0.25, -0.2) is 9.78 Å². The van der Waals surface area contributed by atoms with E-state index in [4.69, 9.17) is 0 Å². The molecule has 0 saturated heterocycles. The standard InChI is InChI=1S/C13H23N3O2S/c1-4-10(5-2)11(17)6-14-13(18)15-7-12-16-9(3)8-19-12/h8,10-11,17H,4-7H2,1-3H3,(H2,14,15,18)/t11-/m1/s1. The average molecular weight is 285 g/mol. The van der Waals surface area contributed by atoms with Crippen molar-refractivity contribution in [1.29, 1.82) is 0 Å². The quantitative estimate of drug-likeness (QED) is 0.718. The van der Waals surface area contributed by atoms with Gasteiger partial charge in [0, 0.05) is 17.6 Å². The number of urea groups is 1. The molecule has 0 spiro atoms. The predicted octanol–water partition coefficient (Wildman–Crippen LogP) is 2.05. The molecule has 108 valence electrons. The van der Waals surface area contributed by atoms with Crippen LogP contribution in [0.4, 0.5) is 4.79 Å². The number of nitrogens with one attached hydrogen (secondary N) is 2. The van der Waals surface area contributed by atoms with Crippen molar-refractivity contribution < 1.29 is 9.90 Å². The van der Waals surface area contributed by atoms with Gasteiger partial charge in [0.1, 0.15) is 5.01 Å². The molecule has 1 rings (SSSR count). The molecule has 0 aliphatic rings. The molecular weight excluding hydrogens is 262 g/mol. The molecule has 3 N–H and O–H groups in total. The summed E-state index contributed by atoms with van der Waals surface area (Å²) in [6, 6.07) is -0.266. The fourth-order valence-electron chi connectivity index (χ4n) is 1.90. The number of nitrogens with zero attached hydrogens (tertiary/aromatic N) is 1. The van der Waals surface area contributed by atoms with E-state index >= 15 is 0 Å². The smallest absolute Gasteiger partial charge is 0.315 e. The molecule has 1 heterocycles. The molecule has 1 atom stereocenters. The summed E-state index contributed by atoms with van der Waals surface area (Å²) in [4.78, 5) is 15.8. The fraction of sp³-hybridized carbons (Fsp3) is 0.692. The molecule has 0 saturated carbocycles. The Hall–Kier alpha value is -1.14. The molecule has 0 unspecified atom stereocenters. The van der Waals surface area contributed by atoms with Crippen LogP contribution in [0.3, 0.4) is 0 Å². The summed E-state index contributed by atoms with van der Waals surface area (Å²) in [5, 5.41) is 18.1. The summed E-state index contributed by atoms with van der Waals surface area (Å²) in [6.45, 7) is 6.72. The van der Waals surface area contributed by atoms with E-state index in [-0.39, 0.29) is 18.5 Å². The third kappa shape index (κ3) is 5.57. The normalized spacial score (nSPS) is 12.5. The highest BCUT2D eigenvalue weighted by molar-refractivity contribution is 7.09. The van der Waals surface area contributed by atoms with E-state index < -0.39 is 6.10 Å². The SMILES string of the molecule is CCC(CC)[C@H](O)CNC(=O)NCc1nc(C)cs1. The van der Waals surface area contributed by atoms with E-state index in [0.29, 0.717) is 6.54 Å². The van der Waals surface area contributed by atoms with E-state index in [1.807, 2.05) is 26.2 Å². The average Bonchev–Trinajstić information content (AvgIpc) is 2.81. The number of carbonyl (C=O) groups is 1. The Kier molecular flexibility index (Phi) is 6.80. The number of carbonyl (C=O) groups excluding carboxylic acids is 1. The van der Waals surface area contributed by atoms with Gasteiger partial charge >= 0.3 is 6.03 Å². The van der Waals surface area contributed by atoms with Gasteiger partial charge < -0.3 is 15.7 Å². The van der Waals surface area contributed by atoms with Gasteiger partial charge in [-0.3, -0.25) is 0 Å². The minimum atomic E-state index is -0.483. The van der Waals surface area contributed by atoms with Crippen molar-refractivity contribution in [2.24, 2.45) is 5.92 Å². The van der Waals surface area contributed by atoms with Crippen molar-refractivity contribution in [3.8, 4) is 0 Å². The molecule has 0 fully saturated rings. The summed E-state index contributed by atoms with van der Waals surface area (Å²) in [7, 11) is 0. The van der Waals surface area contributed by atoms with Crippen molar-refractivity contribution in [2.45, 2.75) is 46.3 Å². The molecule has 5 nitrogen and oxygen atoms in total. The molecule has 1 aromatic heterocycles. The van der Waals surface area contributed by atoms with Crippen molar-refractivity contribution in [1.82, 2.24) is 15.6 Å². The zero-order valence-corrected chi connectivity index (χ0v) is 12.6. The monoisotopic (exact) mass is 285 g/mol. The van der Waals surface area contributed by atoms with Gasteiger partial charge in [0.15, 0.2) is 0 Å². The van der Waals surface area contributed by atoms with Crippen molar-refractivity contribution >= 4 is 17.4 Å². The van der Waals surface area contributed by atoms with Crippen LogP contribution < -0.4 is 10.6 Å². The van der Waals surface area contributed by atoms with Crippen LogP contribution in [0.25, 0.3) is 0 Å². The van der Waals surface area contributed by atoms with Gasteiger partial charge in [-0.15, -0.1) is 11.3 Å². The van der Waals surface area contributed by atoms with Crippen molar-refractivity contribution in [2.75, 3.05) is 6.54 Å². The second kappa shape index (κ2) is 8.12. The number of amides is 2. The van der Waals surface area contributed by atoms with E-state index in [1.165, 1.54) is 11.3 Å². The molecule has 0 aromatic carbocycles. The van der Waals surface area contributed by atoms with Gasteiger partial charge in [0.25, 0.3) is 0 Å². The molecule has 0 radical (unpaired) electrons. The van der Waals surface area contributed by atoms with Crippen LogP contribution in [-0.2, 0) is 6.54 Å². The lowest BCUT2D eigenvalue weighted by Gasteiger charge is -2.20. The molecule has 1 aromatic rings. The predicted molar refractivity (Wildman–Crippen MR) is 77.2 cm³/mol. The van der Waals surface area contributed by atoms with Crippen molar-refractivity contribution in [3.05, 3.63) is 16.1 Å². The second-order valence-electron chi connectivity index (χ2n) is 4.59. The largest absolute Gasteiger partial charge is 0.391 e. The van der Waals surface area contributed by atoms with Crippen LogP contribution in [0.2, 0.25) is 0 Å². The number of aliphatic hydroxyl groups is 1. The highest BCUT2D eigenvalue weighted by Crippen LogP contribution is 2.12. The number of thiazole rings is 1. The highest BCUT2D eigenvalue weighted by atomic mass is 32.1. The van der Waals surface area contributed by atoms with E-state index in [0.717, 1.165) is 23.5 Å². The first-order valence-electron chi connectivity index (χ1n) is 6.67. The fourth-order valence-corrected chi connectivity index (χ4v) is 2.61. The maximum Gasteiger partial charge on any atom is 0.315 e. The first kappa shape index (κ1) is 15.9. The Bertz CT molecular complexity index is 391. The van der Waals surface area contributed by atoms with Crippen molar-refractivity contribution in [3.63, 3.8) is 0 Å². The summed E-state index contributed by atoms with van der Waals surface area (Å²) in [5.41, 5.74) is 0.964. The lowest BCUT2D eigenvalue weighted by molar-refractivity contribution is 0.103. The third-order valence-corrected chi connectivity index (χ3v) is 4.10. The molecule has 0 aliphatic heterocycles. The number of rotatable bonds is 7. The second-order valence-corrected chi connectivity index (χ2v) is 5.53. The molecular formula is C13H23N3O2S. The van der Waals surface area contributed by atoms with Gasteiger partial charge in [-0.1, -0.05) is 26.7 Å². The van der Waals surface area contributed by atoms with Gasteiger partial charge in [0.2, 0.25) is 0 Å². The highest BCUT2D eigenvalue weighted by Gasteiger charge is 2.16. The van der Waals surface area contributed by atoms with Crippen LogP contribution in [0.15, 0.2) is 5.38 Å². The number of hydrogen-bond acceptors (Lipinski definition) is 4. The Morgan fingerprint density at radius 2 is 2.11 bits per heavy atom. The number of aryl methyl sites for hydroxylation is 1. The molecule has 0 bridgehead atoms. The minimum Gasteiger partial charge on any atom is -0.391 e. The summed E-state index contributed by atoms with van der Waals surface area (Å²) in [5.74, 6) is 0.238. The first-order chi connectivity index (χ1) is 9.06. The summed E-state index contributed by atoms with van der Waals surface area (Å²) in [6.07, 6.45) is 1.35. The lowest BCUT2D eigenvalue weighted by atomic mass is 9.97. The summed E-state index contributed by atoms with van der Waals surface area (Å²) < 4.78 is 0. The Balaban J connectivity index is 2.24. The van der Waals surface area contributed by atoms with Crippen LogP contribution in [0, 0.1) is 12.8 Å². The summed E-state index contributed by atoms with van der Waals surface area (Å²) >= 11 is 1.53. The molecule has 0 aliphatic carbocycles. The number of hydrogen-bond donors (Lipinski definition) is 3. The topological polar surface area (TPSA) is 74.2 Å². The molecule has 2 amide bonds.